The molecule has 1 heterocycles. The monoisotopic (exact) mass is 450 g/mol. The second-order valence-electron chi connectivity index (χ2n) is 5.92. The summed E-state index contributed by atoms with van der Waals surface area (Å²) in [5.41, 5.74) is 1.78. The van der Waals surface area contributed by atoms with E-state index in [4.69, 9.17) is 21.1 Å². The van der Waals surface area contributed by atoms with Crippen LogP contribution in [0.5, 0.6) is 5.75 Å². The van der Waals surface area contributed by atoms with Gasteiger partial charge in [0.15, 0.2) is 6.61 Å². The van der Waals surface area contributed by atoms with Crippen LogP contribution in [0.2, 0.25) is 5.02 Å². The smallest absolute Gasteiger partial charge is 0.338 e. The second kappa shape index (κ2) is 10.6. The minimum atomic E-state index is -0.537. The van der Waals surface area contributed by atoms with Crippen molar-refractivity contribution in [2.45, 2.75) is 5.75 Å². The van der Waals surface area contributed by atoms with Crippen LogP contribution in [-0.4, -0.2) is 42.3 Å². The Morgan fingerprint density at radius 1 is 1.28 bits per heavy atom. The standard InChI is InChI=1S/C20H19ClN2O4S2/c1-26-17-7-6-14(10-16(17)21)23-18(24)11-27-19(25)15-5-3-2-4-13(15)12-29-20-22-8-9-28-20/h2-7,10H,8-9,11-12H2,1H3,(H,23,24). The van der Waals surface area contributed by atoms with E-state index in [1.54, 1.807) is 53.9 Å². The van der Waals surface area contributed by atoms with Crippen LogP contribution < -0.4 is 10.1 Å². The van der Waals surface area contributed by atoms with Gasteiger partial charge in [-0.1, -0.05) is 53.3 Å². The number of amides is 1. The average molecular weight is 451 g/mol. The first kappa shape index (κ1) is 21.5. The number of benzene rings is 2. The first-order chi connectivity index (χ1) is 14.1. The van der Waals surface area contributed by atoms with Gasteiger partial charge < -0.3 is 14.8 Å². The number of carbonyl (C=O) groups is 2. The summed E-state index contributed by atoms with van der Waals surface area (Å²) < 4.78 is 11.3. The van der Waals surface area contributed by atoms with Crippen LogP contribution in [0.25, 0.3) is 0 Å². The van der Waals surface area contributed by atoms with Gasteiger partial charge >= 0.3 is 5.97 Å². The molecule has 9 heteroatoms. The molecule has 29 heavy (non-hydrogen) atoms. The molecular formula is C20H19ClN2O4S2. The van der Waals surface area contributed by atoms with E-state index in [1.165, 1.54) is 7.11 Å². The van der Waals surface area contributed by atoms with E-state index in [9.17, 15) is 9.59 Å². The minimum absolute atomic E-state index is 0.374. The van der Waals surface area contributed by atoms with Crippen LogP contribution in [0.15, 0.2) is 47.5 Å². The van der Waals surface area contributed by atoms with Crippen molar-refractivity contribution in [1.29, 1.82) is 0 Å². The molecule has 0 radical (unpaired) electrons. The van der Waals surface area contributed by atoms with Gasteiger partial charge in [-0.3, -0.25) is 9.79 Å². The Balaban J connectivity index is 1.54. The number of halogens is 1. The zero-order valence-electron chi connectivity index (χ0n) is 15.6. The summed E-state index contributed by atoms with van der Waals surface area (Å²) in [5, 5.41) is 3.01. The van der Waals surface area contributed by atoms with Crippen LogP contribution >= 0.6 is 35.1 Å². The normalized spacial score (nSPS) is 13.0. The predicted octanol–water partition coefficient (Wildman–Crippen LogP) is 4.48. The quantitative estimate of drug-likeness (QED) is 0.626. The number of carbonyl (C=O) groups excluding carboxylic acids is 2. The Bertz CT molecular complexity index is 936. The molecule has 0 saturated heterocycles. The third kappa shape index (κ3) is 6.16. The highest BCUT2D eigenvalue weighted by Gasteiger charge is 2.16. The van der Waals surface area contributed by atoms with E-state index in [-0.39, 0.29) is 0 Å². The average Bonchev–Trinajstić information content (AvgIpc) is 3.24. The molecule has 2 aromatic carbocycles. The number of aliphatic imine (C=N–C) groups is 1. The molecule has 0 saturated carbocycles. The Labute approximate surface area is 182 Å². The van der Waals surface area contributed by atoms with Gasteiger partial charge in [-0.25, -0.2) is 4.79 Å². The molecule has 152 valence electrons. The molecule has 0 aromatic heterocycles. The number of hydrogen-bond acceptors (Lipinski definition) is 7. The second-order valence-corrected chi connectivity index (χ2v) is 8.63. The van der Waals surface area contributed by atoms with Gasteiger partial charge in [0.1, 0.15) is 10.1 Å². The van der Waals surface area contributed by atoms with E-state index in [2.05, 4.69) is 10.3 Å². The fourth-order valence-electron chi connectivity index (χ4n) is 2.54. The number of nitrogens with zero attached hydrogens (tertiary/aromatic N) is 1. The van der Waals surface area contributed by atoms with Crippen LogP contribution in [0.3, 0.4) is 0 Å². The molecule has 1 amide bonds. The van der Waals surface area contributed by atoms with E-state index in [0.29, 0.717) is 27.8 Å². The Morgan fingerprint density at radius 2 is 2.10 bits per heavy atom. The number of rotatable bonds is 7. The highest BCUT2D eigenvalue weighted by atomic mass is 35.5. The van der Waals surface area contributed by atoms with Crippen molar-refractivity contribution in [3.8, 4) is 5.75 Å². The fraction of sp³-hybridized carbons (Fsp3) is 0.250. The minimum Gasteiger partial charge on any atom is -0.495 e. The van der Waals surface area contributed by atoms with Gasteiger partial charge in [0.2, 0.25) is 0 Å². The third-order valence-corrected chi connectivity index (χ3v) is 6.51. The van der Waals surface area contributed by atoms with Crippen LogP contribution in [0.4, 0.5) is 5.69 Å². The van der Waals surface area contributed by atoms with Crippen molar-refractivity contribution in [2.24, 2.45) is 4.99 Å². The summed E-state index contributed by atoms with van der Waals surface area (Å²) in [4.78, 5) is 29.0. The summed E-state index contributed by atoms with van der Waals surface area (Å²) in [5.74, 6) is 1.13. The topological polar surface area (TPSA) is 77.0 Å². The highest BCUT2D eigenvalue weighted by molar-refractivity contribution is 8.38. The molecule has 1 aliphatic rings. The molecule has 0 atom stereocenters. The van der Waals surface area contributed by atoms with Crippen LogP contribution in [0, 0.1) is 0 Å². The maximum absolute atomic E-state index is 12.5. The van der Waals surface area contributed by atoms with E-state index in [0.717, 1.165) is 22.2 Å². The number of anilines is 1. The van der Waals surface area contributed by atoms with Crippen molar-refractivity contribution in [2.75, 3.05) is 31.3 Å². The number of thioether (sulfide) groups is 2. The molecule has 6 nitrogen and oxygen atoms in total. The summed E-state index contributed by atoms with van der Waals surface area (Å²) in [6.07, 6.45) is 0. The number of hydrogen-bond donors (Lipinski definition) is 1. The van der Waals surface area contributed by atoms with Crippen molar-refractivity contribution in [3.05, 3.63) is 58.6 Å². The lowest BCUT2D eigenvalue weighted by Crippen LogP contribution is -2.21. The summed E-state index contributed by atoms with van der Waals surface area (Å²) in [6.45, 7) is 0.442. The van der Waals surface area contributed by atoms with Gasteiger partial charge in [0, 0.05) is 17.2 Å². The first-order valence-electron chi connectivity index (χ1n) is 8.75. The molecule has 0 aliphatic carbocycles. The van der Waals surface area contributed by atoms with E-state index in [1.807, 2.05) is 12.1 Å². The van der Waals surface area contributed by atoms with E-state index >= 15 is 0 Å². The van der Waals surface area contributed by atoms with Crippen molar-refractivity contribution in [1.82, 2.24) is 0 Å². The molecule has 2 aromatic rings. The predicted molar refractivity (Wildman–Crippen MR) is 119 cm³/mol. The Kier molecular flexibility index (Phi) is 7.85. The first-order valence-corrected chi connectivity index (χ1v) is 11.1. The van der Waals surface area contributed by atoms with Crippen molar-refractivity contribution < 1.29 is 19.1 Å². The molecule has 3 rings (SSSR count). The molecule has 1 N–H and O–H groups in total. The Hall–Kier alpha value is -2.16. The van der Waals surface area contributed by atoms with Crippen molar-refractivity contribution >= 4 is 57.1 Å². The SMILES string of the molecule is COc1ccc(NC(=O)COC(=O)c2ccccc2CSC2=NCCS2)cc1Cl. The fourth-order valence-corrected chi connectivity index (χ4v) is 4.81. The Morgan fingerprint density at radius 3 is 2.83 bits per heavy atom. The number of esters is 1. The van der Waals surface area contributed by atoms with Gasteiger partial charge in [-0.05, 0) is 29.8 Å². The van der Waals surface area contributed by atoms with Crippen molar-refractivity contribution in [3.63, 3.8) is 0 Å². The zero-order valence-corrected chi connectivity index (χ0v) is 18.0. The molecule has 0 unspecified atom stereocenters. The molecule has 0 bridgehead atoms. The summed E-state index contributed by atoms with van der Waals surface area (Å²) in [7, 11) is 1.51. The van der Waals surface area contributed by atoms with E-state index < -0.39 is 18.5 Å². The van der Waals surface area contributed by atoms with Gasteiger partial charge in [0.25, 0.3) is 5.91 Å². The lowest BCUT2D eigenvalue weighted by atomic mass is 10.1. The summed E-state index contributed by atoms with van der Waals surface area (Å²) >= 11 is 9.36. The number of ether oxygens (including phenoxy) is 2. The summed E-state index contributed by atoms with van der Waals surface area (Å²) in [6, 6.07) is 12.1. The number of methoxy groups -OCH3 is 1. The maximum Gasteiger partial charge on any atom is 0.338 e. The van der Waals surface area contributed by atoms with Gasteiger partial charge in [0.05, 0.1) is 24.2 Å². The highest BCUT2D eigenvalue weighted by Crippen LogP contribution is 2.28. The molecule has 1 aliphatic heterocycles. The lowest BCUT2D eigenvalue weighted by Gasteiger charge is -2.10. The molecule has 0 fully saturated rings. The maximum atomic E-state index is 12.5. The van der Waals surface area contributed by atoms with Crippen LogP contribution in [0.1, 0.15) is 15.9 Å². The molecule has 0 spiro atoms. The van der Waals surface area contributed by atoms with Gasteiger partial charge in [-0.2, -0.15) is 0 Å². The largest absolute Gasteiger partial charge is 0.495 e. The zero-order chi connectivity index (χ0) is 20.6. The van der Waals surface area contributed by atoms with Gasteiger partial charge in [-0.15, -0.1) is 0 Å². The number of nitrogens with one attached hydrogen (secondary N) is 1. The molecular weight excluding hydrogens is 432 g/mol. The lowest BCUT2D eigenvalue weighted by molar-refractivity contribution is -0.119. The van der Waals surface area contributed by atoms with Crippen LogP contribution in [-0.2, 0) is 15.3 Å². The third-order valence-electron chi connectivity index (χ3n) is 3.92.